The Kier molecular flexibility index (Phi) is 8.42. The molecule has 0 spiro atoms. The summed E-state index contributed by atoms with van der Waals surface area (Å²) in [6.07, 6.45) is 4.92. The molecule has 0 saturated heterocycles. The third-order valence-electron chi connectivity index (χ3n) is 2.95. The van der Waals surface area contributed by atoms with E-state index in [2.05, 4.69) is 10.3 Å². The van der Waals surface area contributed by atoms with Gasteiger partial charge in [0.15, 0.2) is 5.96 Å². The quantitative estimate of drug-likeness (QED) is 0.441. The van der Waals surface area contributed by atoms with Gasteiger partial charge in [0.2, 0.25) is 0 Å². The van der Waals surface area contributed by atoms with E-state index in [0.717, 1.165) is 0 Å². The molecule has 1 aliphatic rings. The summed E-state index contributed by atoms with van der Waals surface area (Å²) in [5.41, 5.74) is 5.79. The van der Waals surface area contributed by atoms with Gasteiger partial charge in [-0.3, -0.25) is 9.20 Å². The van der Waals surface area contributed by atoms with Crippen molar-refractivity contribution in [3.05, 3.63) is 0 Å². The molecule has 0 amide bonds. The van der Waals surface area contributed by atoms with Crippen LogP contribution in [0.2, 0.25) is 0 Å². The average Bonchev–Trinajstić information content (AvgIpc) is 2.68. The first-order valence-electron chi connectivity index (χ1n) is 6.34. The van der Waals surface area contributed by atoms with Crippen molar-refractivity contribution in [2.45, 2.75) is 57.2 Å². The van der Waals surface area contributed by atoms with Gasteiger partial charge in [-0.25, -0.2) is 0 Å². The molecular formula is C12H26IN3OS. The predicted octanol–water partition coefficient (Wildman–Crippen LogP) is 2.00. The van der Waals surface area contributed by atoms with Crippen LogP contribution in [0.4, 0.5) is 0 Å². The number of nitrogens with zero attached hydrogens (tertiary/aromatic N) is 1. The topological polar surface area (TPSA) is 67.5 Å². The Morgan fingerprint density at radius 2 is 1.94 bits per heavy atom. The highest BCUT2D eigenvalue weighted by Gasteiger charge is 2.18. The minimum atomic E-state index is -0.848. The fourth-order valence-corrected chi connectivity index (χ4v) is 2.75. The van der Waals surface area contributed by atoms with Crippen LogP contribution in [0.1, 0.15) is 46.5 Å². The van der Waals surface area contributed by atoms with Gasteiger partial charge in [-0.05, 0) is 33.6 Å². The van der Waals surface area contributed by atoms with E-state index in [1.165, 1.54) is 25.7 Å². The van der Waals surface area contributed by atoms with Gasteiger partial charge in [0.05, 0.1) is 6.54 Å². The Bertz CT molecular complexity index is 296. The molecule has 1 aliphatic carbocycles. The van der Waals surface area contributed by atoms with Gasteiger partial charge in [0, 0.05) is 27.3 Å². The second-order valence-corrected chi connectivity index (χ2v) is 7.88. The highest BCUT2D eigenvalue weighted by atomic mass is 127. The van der Waals surface area contributed by atoms with Gasteiger partial charge < -0.3 is 11.1 Å². The van der Waals surface area contributed by atoms with Gasteiger partial charge >= 0.3 is 0 Å². The molecule has 0 aromatic heterocycles. The van der Waals surface area contributed by atoms with Gasteiger partial charge in [-0.15, -0.1) is 24.0 Å². The van der Waals surface area contributed by atoms with Gasteiger partial charge in [-0.1, -0.05) is 12.8 Å². The highest BCUT2D eigenvalue weighted by Crippen LogP contribution is 2.17. The third-order valence-corrected chi connectivity index (χ3v) is 4.87. The van der Waals surface area contributed by atoms with E-state index in [9.17, 15) is 4.21 Å². The fourth-order valence-electron chi connectivity index (χ4n) is 1.88. The number of hydrogen-bond donors (Lipinski definition) is 2. The van der Waals surface area contributed by atoms with Crippen molar-refractivity contribution in [2.24, 2.45) is 10.7 Å². The smallest absolute Gasteiger partial charge is 0.188 e. The van der Waals surface area contributed by atoms with Crippen LogP contribution in [0.15, 0.2) is 4.99 Å². The molecule has 1 saturated carbocycles. The number of halogens is 1. The summed E-state index contributed by atoms with van der Waals surface area (Å²) >= 11 is 0. The van der Waals surface area contributed by atoms with E-state index in [-0.39, 0.29) is 28.7 Å². The Labute approximate surface area is 130 Å². The summed E-state index contributed by atoms with van der Waals surface area (Å²) in [5, 5.41) is 3.22. The number of nitrogens with two attached hydrogens (primary N) is 1. The second kappa shape index (κ2) is 8.35. The zero-order valence-electron chi connectivity index (χ0n) is 11.6. The molecular weight excluding hydrogens is 361 g/mol. The molecule has 0 radical (unpaired) electrons. The maximum atomic E-state index is 11.8. The van der Waals surface area contributed by atoms with Crippen molar-refractivity contribution in [1.82, 2.24) is 5.32 Å². The second-order valence-electron chi connectivity index (χ2n) is 5.55. The molecule has 0 aliphatic heterocycles. The van der Waals surface area contributed by atoms with Crippen LogP contribution in [0, 0.1) is 0 Å². The molecule has 0 aromatic rings. The summed E-state index contributed by atoms with van der Waals surface area (Å²) in [5.74, 6) is 1.08. The van der Waals surface area contributed by atoms with Crippen molar-refractivity contribution in [2.75, 3.05) is 12.3 Å². The van der Waals surface area contributed by atoms with Gasteiger partial charge in [0.25, 0.3) is 0 Å². The summed E-state index contributed by atoms with van der Waals surface area (Å²) < 4.78 is 11.6. The highest BCUT2D eigenvalue weighted by molar-refractivity contribution is 14.0. The van der Waals surface area contributed by atoms with Crippen LogP contribution in [-0.2, 0) is 10.8 Å². The lowest BCUT2D eigenvalue weighted by molar-refractivity contribution is 0.625. The van der Waals surface area contributed by atoms with Crippen molar-refractivity contribution in [3.8, 4) is 0 Å². The van der Waals surface area contributed by atoms with E-state index in [4.69, 9.17) is 5.73 Å². The summed E-state index contributed by atoms with van der Waals surface area (Å²) in [6, 6.07) is 0.492. The zero-order chi connectivity index (χ0) is 12.9. The van der Waals surface area contributed by atoms with E-state index in [0.29, 0.717) is 24.3 Å². The number of aliphatic imine (C=N–C) groups is 1. The summed E-state index contributed by atoms with van der Waals surface area (Å²) in [7, 11) is -0.848. The minimum absolute atomic E-state index is 0. The number of hydrogen-bond acceptors (Lipinski definition) is 2. The molecule has 0 aromatic carbocycles. The molecule has 1 rings (SSSR count). The molecule has 4 nitrogen and oxygen atoms in total. The lowest BCUT2D eigenvalue weighted by Gasteiger charge is -2.17. The third kappa shape index (κ3) is 6.92. The molecule has 3 N–H and O–H groups in total. The fraction of sp³-hybridized carbons (Fsp3) is 0.917. The molecule has 1 unspecified atom stereocenters. The first-order valence-corrected chi connectivity index (χ1v) is 7.66. The number of rotatable bonds is 4. The van der Waals surface area contributed by atoms with E-state index in [1.54, 1.807) is 0 Å². The zero-order valence-corrected chi connectivity index (χ0v) is 14.7. The van der Waals surface area contributed by atoms with Crippen LogP contribution in [0.25, 0.3) is 0 Å². The molecule has 0 heterocycles. The summed E-state index contributed by atoms with van der Waals surface area (Å²) in [4.78, 5) is 4.23. The van der Waals surface area contributed by atoms with Crippen LogP contribution in [0.5, 0.6) is 0 Å². The predicted molar refractivity (Wildman–Crippen MR) is 90.1 cm³/mol. The first-order chi connectivity index (χ1) is 7.89. The minimum Gasteiger partial charge on any atom is -0.370 e. The monoisotopic (exact) mass is 387 g/mol. The number of guanidine groups is 1. The molecule has 108 valence electrons. The molecule has 0 bridgehead atoms. The van der Waals surface area contributed by atoms with Gasteiger partial charge in [0.1, 0.15) is 0 Å². The van der Waals surface area contributed by atoms with Crippen LogP contribution >= 0.6 is 24.0 Å². The van der Waals surface area contributed by atoms with Crippen LogP contribution in [0.3, 0.4) is 0 Å². The van der Waals surface area contributed by atoms with Crippen LogP contribution < -0.4 is 11.1 Å². The van der Waals surface area contributed by atoms with E-state index >= 15 is 0 Å². The lowest BCUT2D eigenvalue weighted by Crippen LogP contribution is -2.39. The summed E-state index contributed by atoms with van der Waals surface area (Å²) in [6.45, 7) is 6.47. The SMILES string of the molecule is CC(C)(C)S(=O)CCN=C(N)NC1CCCC1.I. The van der Waals surface area contributed by atoms with Crippen molar-refractivity contribution in [1.29, 1.82) is 0 Å². The molecule has 1 atom stereocenters. The van der Waals surface area contributed by atoms with E-state index < -0.39 is 10.8 Å². The van der Waals surface area contributed by atoms with Gasteiger partial charge in [-0.2, -0.15) is 0 Å². The van der Waals surface area contributed by atoms with Crippen molar-refractivity contribution < 1.29 is 4.21 Å². The molecule has 6 heteroatoms. The van der Waals surface area contributed by atoms with E-state index in [1.807, 2.05) is 20.8 Å². The first kappa shape index (κ1) is 18.1. The number of nitrogens with one attached hydrogen (secondary N) is 1. The Hall–Kier alpha value is 0.150. The average molecular weight is 387 g/mol. The maximum Gasteiger partial charge on any atom is 0.188 e. The largest absolute Gasteiger partial charge is 0.370 e. The van der Waals surface area contributed by atoms with Crippen molar-refractivity contribution in [3.63, 3.8) is 0 Å². The van der Waals surface area contributed by atoms with Crippen molar-refractivity contribution >= 4 is 40.7 Å². The Balaban J connectivity index is 0.00000289. The Morgan fingerprint density at radius 1 is 1.39 bits per heavy atom. The maximum absolute atomic E-state index is 11.8. The normalized spacial score (nSPS) is 19.4. The molecule has 18 heavy (non-hydrogen) atoms. The Morgan fingerprint density at radius 3 is 2.44 bits per heavy atom. The van der Waals surface area contributed by atoms with Crippen LogP contribution in [-0.4, -0.2) is 33.3 Å². The standard InChI is InChI=1S/C12H25N3OS.HI/c1-12(2,3)17(16)9-8-14-11(13)15-10-6-4-5-7-10;/h10H,4-9H2,1-3H3,(H3,13,14,15);1H. The lowest BCUT2D eigenvalue weighted by atomic mass is 10.2. The molecule has 1 fully saturated rings.